The van der Waals surface area contributed by atoms with Gasteiger partial charge in [0.2, 0.25) is 0 Å². The van der Waals surface area contributed by atoms with Gasteiger partial charge >= 0.3 is 5.97 Å². The second kappa shape index (κ2) is 6.04. The zero-order valence-electron chi connectivity index (χ0n) is 11.2. The predicted octanol–water partition coefficient (Wildman–Crippen LogP) is 2.45. The summed E-state index contributed by atoms with van der Waals surface area (Å²) < 4.78 is 17.8. The molecule has 21 heavy (non-hydrogen) atoms. The molecule has 0 fully saturated rings. The quantitative estimate of drug-likeness (QED) is 0.671. The molecule has 2 aromatic carbocycles. The number of hydrogen-bond donors (Lipinski definition) is 2. The van der Waals surface area contributed by atoms with Gasteiger partial charge in [0.1, 0.15) is 5.82 Å². The third-order valence-electron chi connectivity index (χ3n) is 2.80. The number of esters is 1. The molecule has 0 atom stereocenters. The molecule has 108 valence electrons. The van der Waals surface area contributed by atoms with E-state index in [9.17, 15) is 14.0 Å². The van der Waals surface area contributed by atoms with Gasteiger partial charge in [0.05, 0.1) is 18.2 Å². The van der Waals surface area contributed by atoms with Crippen LogP contribution in [0.3, 0.4) is 0 Å². The molecular weight excluding hydrogens is 275 g/mol. The van der Waals surface area contributed by atoms with Gasteiger partial charge in [0.15, 0.2) is 0 Å². The Bertz CT molecular complexity index is 701. The zero-order valence-corrected chi connectivity index (χ0v) is 11.2. The summed E-state index contributed by atoms with van der Waals surface area (Å²) in [6, 6.07) is 9.74. The number of hydrogen-bond acceptors (Lipinski definition) is 4. The highest BCUT2D eigenvalue weighted by atomic mass is 19.1. The van der Waals surface area contributed by atoms with E-state index in [-0.39, 0.29) is 11.3 Å². The van der Waals surface area contributed by atoms with Crippen molar-refractivity contribution >= 4 is 23.3 Å². The van der Waals surface area contributed by atoms with Crippen molar-refractivity contribution in [2.75, 3.05) is 18.2 Å². The highest BCUT2D eigenvalue weighted by Gasteiger charge is 2.12. The summed E-state index contributed by atoms with van der Waals surface area (Å²) in [6.45, 7) is 0. The third kappa shape index (κ3) is 3.36. The van der Waals surface area contributed by atoms with Crippen LogP contribution < -0.4 is 11.1 Å². The summed E-state index contributed by atoms with van der Waals surface area (Å²) in [7, 11) is 1.26. The van der Waals surface area contributed by atoms with E-state index in [1.807, 2.05) is 0 Å². The summed E-state index contributed by atoms with van der Waals surface area (Å²) >= 11 is 0. The van der Waals surface area contributed by atoms with Gasteiger partial charge in [-0.25, -0.2) is 9.18 Å². The van der Waals surface area contributed by atoms with Crippen molar-refractivity contribution in [2.45, 2.75) is 0 Å². The number of carbonyl (C=O) groups excluding carboxylic acids is 2. The number of nitrogens with one attached hydrogen (secondary N) is 1. The van der Waals surface area contributed by atoms with E-state index >= 15 is 0 Å². The molecule has 0 heterocycles. The molecule has 0 aliphatic rings. The van der Waals surface area contributed by atoms with Crippen LogP contribution in [0.2, 0.25) is 0 Å². The lowest BCUT2D eigenvalue weighted by atomic mass is 10.1. The molecule has 0 aromatic heterocycles. The van der Waals surface area contributed by atoms with Crippen LogP contribution >= 0.6 is 0 Å². The number of halogens is 1. The van der Waals surface area contributed by atoms with Crippen LogP contribution in [0.1, 0.15) is 20.7 Å². The smallest absolute Gasteiger partial charge is 0.337 e. The van der Waals surface area contributed by atoms with E-state index in [1.54, 1.807) is 18.2 Å². The minimum Gasteiger partial charge on any atom is -0.465 e. The van der Waals surface area contributed by atoms with Gasteiger partial charge in [0, 0.05) is 11.4 Å². The first-order chi connectivity index (χ1) is 10.0. The van der Waals surface area contributed by atoms with E-state index in [0.29, 0.717) is 11.3 Å². The zero-order chi connectivity index (χ0) is 15.4. The van der Waals surface area contributed by atoms with E-state index in [2.05, 4.69) is 10.1 Å². The van der Waals surface area contributed by atoms with Crippen LogP contribution in [-0.2, 0) is 4.74 Å². The van der Waals surface area contributed by atoms with Gasteiger partial charge in [0.25, 0.3) is 5.91 Å². The number of carbonyl (C=O) groups is 2. The summed E-state index contributed by atoms with van der Waals surface area (Å²) in [4.78, 5) is 23.5. The largest absolute Gasteiger partial charge is 0.465 e. The van der Waals surface area contributed by atoms with Crippen LogP contribution in [0.25, 0.3) is 0 Å². The maximum atomic E-state index is 13.2. The number of ether oxygens (including phenoxy) is 1. The molecule has 2 rings (SSSR count). The first kappa shape index (κ1) is 14.5. The standard InChI is InChI=1S/C15H13FN2O3/c1-21-15(20)9-3-2-4-11(7-9)18-14(19)12-8-10(16)5-6-13(12)17/h2-8H,17H2,1H3,(H,18,19). The Morgan fingerprint density at radius 3 is 2.67 bits per heavy atom. The molecule has 0 spiro atoms. The van der Waals surface area contributed by atoms with Gasteiger partial charge < -0.3 is 15.8 Å². The summed E-state index contributed by atoms with van der Waals surface area (Å²) in [5.41, 5.74) is 6.51. The normalized spacial score (nSPS) is 10.0. The number of amides is 1. The van der Waals surface area contributed by atoms with Crippen LogP contribution in [0.15, 0.2) is 42.5 Å². The van der Waals surface area contributed by atoms with Crippen LogP contribution in [0.4, 0.5) is 15.8 Å². The number of nitrogen functional groups attached to an aromatic ring is 1. The number of methoxy groups -OCH3 is 1. The second-order valence-electron chi connectivity index (χ2n) is 4.26. The topological polar surface area (TPSA) is 81.4 Å². The number of rotatable bonds is 3. The minimum atomic E-state index is -0.561. The Labute approximate surface area is 120 Å². The first-order valence-electron chi connectivity index (χ1n) is 6.06. The molecule has 0 aliphatic carbocycles. The molecule has 0 aliphatic heterocycles. The van der Waals surface area contributed by atoms with E-state index in [0.717, 1.165) is 6.07 Å². The molecule has 1 amide bonds. The highest BCUT2D eigenvalue weighted by molar-refractivity contribution is 6.08. The summed E-state index contributed by atoms with van der Waals surface area (Å²) in [5, 5.41) is 2.55. The number of anilines is 2. The van der Waals surface area contributed by atoms with Crippen LogP contribution in [-0.4, -0.2) is 19.0 Å². The Morgan fingerprint density at radius 1 is 1.19 bits per heavy atom. The lowest BCUT2D eigenvalue weighted by molar-refractivity contribution is 0.0600. The first-order valence-corrected chi connectivity index (χ1v) is 6.06. The lowest BCUT2D eigenvalue weighted by Gasteiger charge is -2.08. The Morgan fingerprint density at radius 2 is 1.95 bits per heavy atom. The maximum Gasteiger partial charge on any atom is 0.337 e. The predicted molar refractivity (Wildman–Crippen MR) is 76.5 cm³/mol. The van der Waals surface area contributed by atoms with E-state index in [4.69, 9.17) is 5.73 Å². The molecule has 0 unspecified atom stereocenters. The molecule has 0 saturated carbocycles. The van der Waals surface area contributed by atoms with Crippen LogP contribution in [0, 0.1) is 5.82 Å². The lowest BCUT2D eigenvalue weighted by Crippen LogP contribution is -2.14. The van der Waals surface area contributed by atoms with E-state index < -0.39 is 17.7 Å². The van der Waals surface area contributed by atoms with Gasteiger partial charge in [-0.05, 0) is 36.4 Å². The van der Waals surface area contributed by atoms with Crippen molar-refractivity contribution in [3.05, 3.63) is 59.4 Å². The molecule has 2 aromatic rings. The molecule has 6 heteroatoms. The minimum absolute atomic E-state index is 0.0264. The second-order valence-corrected chi connectivity index (χ2v) is 4.26. The fourth-order valence-electron chi connectivity index (χ4n) is 1.77. The number of nitrogens with two attached hydrogens (primary N) is 1. The van der Waals surface area contributed by atoms with Gasteiger partial charge in [-0.1, -0.05) is 6.07 Å². The molecule has 3 N–H and O–H groups in total. The highest BCUT2D eigenvalue weighted by Crippen LogP contribution is 2.17. The fourth-order valence-corrected chi connectivity index (χ4v) is 1.77. The Balaban J connectivity index is 2.23. The molecule has 0 bridgehead atoms. The average Bonchev–Trinajstić information content (AvgIpc) is 2.49. The van der Waals surface area contributed by atoms with Crippen molar-refractivity contribution in [3.8, 4) is 0 Å². The van der Waals surface area contributed by atoms with E-state index in [1.165, 1.54) is 25.3 Å². The van der Waals surface area contributed by atoms with Crippen molar-refractivity contribution in [1.29, 1.82) is 0 Å². The monoisotopic (exact) mass is 288 g/mol. The molecule has 5 nitrogen and oxygen atoms in total. The van der Waals surface area contributed by atoms with Crippen molar-refractivity contribution in [2.24, 2.45) is 0 Å². The fraction of sp³-hybridized carbons (Fsp3) is 0.0667. The van der Waals surface area contributed by atoms with Crippen molar-refractivity contribution in [1.82, 2.24) is 0 Å². The molecular formula is C15H13FN2O3. The van der Waals surface area contributed by atoms with Gasteiger partial charge in [-0.2, -0.15) is 0 Å². The summed E-state index contributed by atoms with van der Waals surface area (Å²) in [6.07, 6.45) is 0. The van der Waals surface area contributed by atoms with Crippen molar-refractivity contribution < 1.29 is 18.7 Å². The Hall–Kier alpha value is -2.89. The number of benzene rings is 2. The van der Waals surface area contributed by atoms with Crippen LogP contribution in [0.5, 0.6) is 0 Å². The average molecular weight is 288 g/mol. The maximum absolute atomic E-state index is 13.2. The SMILES string of the molecule is COC(=O)c1cccc(NC(=O)c2cc(F)ccc2N)c1. The summed E-state index contributed by atoms with van der Waals surface area (Å²) in [5.74, 6) is -1.64. The molecule has 0 radical (unpaired) electrons. The van der Waals surface area contributed by atoms with Crippen molar-refractivity contribution in [3.63, 3.8) is 0 Å². The Kier molecular flexibility index (Phi) is 4.18. The third-order valence-corrected chi connectivity index (χ3v) is 2.80. The molecule has 0 saturated heterocycles. The van der Waals surface area contributed by atoms with Gasteiger partial charge in [-0.15, -0.1) is 0 Å². The van der Waals surface area contributed by atoms with Gasteiger partial charge in [-0.3, -0.25) is 4.79 Å².